The van der Waals surface area contributed by atoms with E-state index in [0.717, 1.165) is 16.8 Å². The molecule has 0 spiro atoms. The van der Waals surface area contributed by atoms with Gasteiger partial charge in [-0.3, -0.25) is 0 Å². The molecule has 0 aliphatic carbocycles. The van der Waals surface area contributed by atoms with Crippen molar-refractivity contribution in [1.82, 2.24) is 0 Å². The summed E-state index contributed by atoms with van der Waals surface area (Å²) in [6.45, 7) is 0.866. The summed E-state index contributed by atoms with van der Waals surface area (Å²) >= 11 is 0. The molecule has 1 aromatic carbocycles. The highest BCUT2D eigenvalue weighted by atomic mass is 16.6. The molecule has 0 amide bonds. The lowest BCUT2D eigenvalue weighted by molar-refractivity contribution is 0.0571. The Morgan fingerprint density at radius 1 is 1.47 bits per heavy atom. The Hall–Kier alpha value is -1.04. The molecule has 1 N–H and O–H groups in total. The first-order valence-corrected chi connectivity index (χ1v) is 5.01. The molecule has 1 aromatic rings. The maximum Gasteiger partial charge on any atom is 0.498 e. The molecule has 5 heteroatoms. The van der Waals surface area contributed by atoms with E-state index in [2.05, 4.69) is 0 Å². The highest BCUT2D eigenvalue weighted by molar-refractivity contribution is 6.64. The Kier molecular flexibility index (Phi) is 2.16. The summed E-state index contributed by atoms with van der Waals surface area (Å²) in [6, 6.07) is 5.85. The quantitative estimate of drug-likeness (QED) is 0.640. The lowest BCUT2D eigenvalue weighted by Gasteiger charge is -2.13. The maximum absolute atomic E-state index is 9.06. The summed E-state index contributed by atoms with van der Waals surface area (Å²) in [5.74, 6) is 0.811. The molecule has 2 aliphatic heterocycles. The summed E-state index contributed by atoms with van der Waals surface area (Å²) < 4.78 is 16.7. The van der Waals surface area contributed by atoms with Crippen molar-refractivity contribution in [1.29, 1.82) is 0 Å². The lowest BCUT2D eigenvalue weighted by Crippen LogP contribution is -2.36. The van der Waals surface area contributed by atoms with E-state index in [1.54, 1.807) is 0 Å². The fourth-order valence-electron chi connectivity index (χ4n) is 1.96. The van der Waals surface area contributed by atoms with Gasteiger partial charge in [0.25, 0.3) is 0 Å². The van der Waals surface area contributed by atoms with Gasteiger partial charge in [0.05, 0.1) is 13.2 Å². The fraction of sp³-hybridized carbons (Fsp3) is 0.400. The van der Waals surface area contributed by atoms with E-state index < -0.39 is 0 Å². The Balaban J connectivity index is 2.01. The van der Waals surface area contributed by atoms with E-state index in [9.17, 15) is 0 Å². The number of aliphatic hydroxyl groups is 1. The van der Waals surface area contributed by atoms with E-state index in [-0.39, 0.29) is 19.8 Å². The van der Waals surface area contributed by atoms with Crippen molar-refractivity contribution in [2.75, 3.05) is 13.2 Å². The number of rotatable bonds is 1. The maximum atomic E-state index is 9.06. The standard InChI is InChI=1S/C10H11BO4/c12-4-8-6-13-9-3-1-2-7-5-14-11(15-8)10(7)9/h1-3,8,12H,4-6H2/t8-/m1/s1. The number of hydrogen-bond donors (Lipinski definition) is 1. The molecule has 0 radical (unpaired) electrons. The Labute approximate surface area is 87.9 Å². The van der Waals surface area contributed by atoms with Gasteiger partial charge in [0.15, 0.2) is 0 Å². The summed E-state index contributed by atoms with van der Waals surface area (Å²) in [5.41, 5.74) is 2.09. The minimum atomic E-state index is -0.379. The van der Waals surface area contributed by atoms with Crippen LogP contribution >= 0.6 is 0 Å². The predicted octanol–water partition coefficient (Wildman–Crippen LogP) is -0.318. The zero-order valence-corrected chi connectivity index (χ0v) is 8.18. The van der Waals surface area contributed by atoms with Crippen LogP contribution in [0.2, 0.25) is 0 Å². The van der Waals surface area contributed by atoms with Crippen LogP contribution in [-0.2, 0) is 15.9 Å². The highest BCUT2D eigenvalue weighted by Gasteiger charge is 2.38. The Morgan fingerprint density at radius 2 is 2.40 bits per heavy atom. The minimum Gasteiger partial charge on any atom is -0.491 e. The van der Waals surface area contributed by atoms with Crippen molar-refractivity contribution in [2.24, 2.45) is 0 Å². The summed E-state index contributed by atoms with van der Waals surface area (Å²) in [5, 5.41) is 9.06. The molecule has 3 rings (SSSR count). The third-order valence-corrected chi connectivity index (χ3v) is 2.73. The van der Waals surface area contributed by atoms with Crippen LogP contribution in [0.1, 0.15) is 5.56 Å². The van der Waals surface area contributed by atoms with Crippen LogP contribution in [-0.4, -0.2) is 31.5 Å². The molecule has 15 heavy (non-hydrogen) atoms. The second-order valence-corrected chi connectivity index (χ2v) is 3.72. The van der Waals surface area contributed by atoms with Gasteiger partial charge in [-0.15, -0.1) is 0 Å². The first kappa shape index (κ1) is 9.21. The third-order valence-electron chi connectivity index (χ3n) is 2.73. The second-order valence-electron chi connectivity index (χ2n) is 3.72. The molecular formula is C10H11BO4. The lowest BCUT2D eigenvalue weighted by atomic mass is 9.78. The normalized spacial score (nSPS) is 23.3. The molecule has 2 aliphatic rings. The largest absolute Gasteiger partial charge is 0.498 e. The molecule has 0 bridgehead atoms. The molecule has 0 saturated carbocycles. The molecule has 0 aromatic heterocycles. The first-order valence-electron chi connectivity index (χ1n) is 5.01. The van der Waals surface area contributed by atoms with E-state index in [1.807, 2.05) is 18.2 Å². The van der Waals surface area contributed by atoms with Crippen molar-refractivity contribution >= 4 is 12.6 Å². The van der Waals surface area contributed by atoms with Crippen LogP contribution in [0.5, 0.6) is 5.75 Å². The van der Waals surface area contributed by atoms with Crippen LogP contribution in [0.3, 0.4) is 0 Å². The fourth-order valence-corrected chi connectivity index (χ4v) is 1.96. The summed E-state index contributed by atoms with van der Waals surface area (Å²) in [7, 11) is -0.379. The van der Waals surface area contributed by atoms with Gasteiger partial charge in [0.2, 0.25) is 0 Å². The zero-order chi connectivity index (χ0) is 10.3. The van der Waals surface area contributed by atoms with Crippen molar-refractivity contribution in [3.63, 3.8) is 0 Å². The van der Waals surface area contributed by atoms with E-state index in [0.29, 0.717) is 13.2 Å². The average molecular weight is 206 g/mol. The van der Waals surface area contributed by atoms with Gasteiger partial charge in [-0.2, -0.15) is 0 Å². The van der Waals surface area contributed by atoms with Gasteiger partial charge < -0.3 is 19.2 Å². The van der Waals surface area contributed by atoms with E-state index >= 15 is 0 Å². The second kappa shape index (κ2) is 3.52. The van der Waals surface area contributed by atoms with Crippen LogP contribution in [0, 0.1) is 0 Å². The van der Waals surface area contributed by atoms with Crippen molar-refractivity contribution in [3.05, 3.63) is 23.8 Å². The molecule has 1 atom stereocenters. The predicted molar refractivity (Wildman–Crippen MR) is 54.1 cm³/mol. The SMILES string of the molecule is OC[C@@H]1COc2cccc3c2B(OC3)O1. The van der Waals surface area contributed by atoms with Crippen molar-refractivity contribution in [3.8, 4) is 5.75 Å². The Morgan fingerprint density at radius 3 is 3.27 bits per heavy atom. The molecule has 0 saturated heterocycles. The van der Waals surface area contributed by atoms with Crippen LogP contribution < -0.4 is 10.2 Å². The van der Waals surface area contributed by atoms with Gasteiger partial charge in [0.1, 0.15) is 18.5 Å². The molecule has 2 heterocycles. The molecule has 0 unspecified atom stereocenters. The molecular weight excluding hydrogens is 195 g/mol. The van der Waals surface area contributed by atoms with Crippen LogP contribution in [0.25, 0.3) is 0 Å². The highest BCUT2D eigenvalue weighted by Crippen LogP contribution is 2.23. The van der Waals surface area contributed by atoms with E-state index in [1.165, 1.54) is 0 Å². The number of aliphatic hydroxyl groups excluding tert-OH is 1. The number of benzene rings is 1. The summed E-state index contributed by atoms with van der Waals surface area (Å²) in [6.07, 6.45) is -0.312. The van der Waals surface area contributed by atoms with Crippen LogP contribution in [0.4, 0.5) is 0 Å². The van der Waals surface area contributed by atoms with Gasteiger partial charge in [-0.25, -0.2) is 0 Å². The average Bonchev–Trinajstić information content (AvgIpc) is 2.57. The third kappa shape index (κ3) is 1.43. The minimum absolute atomic E-state index is 0.0524. The smallest absolute Gasteiger partial charge is 0.491 e. The van der Waals surface area contributed by atoms with Crippen LogP contribution in [0.15, 0.2) is 18.2 Å². The van der Waals surface area contributed by atoms with Gasteiger partial charge in [-0.05, 0) is 11.6 Å². The van der Waals surface area contributed by atoms with Crippen molar-refractivity contribution in [2.45, 2.75) is 12.7 Å². The molecule has 78 valence electrons. The zero-order valence-electron chi connectivity index (χ0n) is 8.18. The van der Waals surface area contributed by atoms with Gasteiger partial charge in [-0.1, -0.05) is 12.1 Å². The summed E-state index contributed by atoms with van der Waals surface area (Å²) in [4.78, 5) is 0. The molecule has 4 nitrogen and oxygen atoms in total. The number of hydrogen-bond acceptors (Lipinski definition) is 4. The number of ether oxygens (including phenoxy) is 1. The molecule has 0 fully saturated rings. The monoisotopic (exact) mass is 206 g/mol. The topological polar surface area (TPSA) is 47.9 Å². The van der Waals surface area contributed by atoms with Gasteiger partial charge >= 0.3 is 7.12 Å². The first-order chi connectivity index (χ1) is 7.38. The Bertz CT molecular complexity index is 382. The van der Waals surface area contributed by atoms with Gasteiger partial charge in [0, 0.05) is 5.46 Å². The van der Waals surface area contributed by atoms with Crippen molar-refractivity contribution < 1.29 is 19.2 Å². The van der Waals surface area contributed by atoms with E-state index in [4.69, 9.17) is 19.2 Å².